The topological polar surface area (TPSA) is 72.9 Å². The van der Waals surface area contributed by atoms with Gasteiger partial charge in [-0.25, -0.2) is 4.98 Å². The first-order chi connectivity index (χ1) is 12.2. The summed E-state index contributed by atoms with van der Waals surface area (Å²) in [5.74, 6) is 1.03. The average molecular weight is 334 g/mol. The largest absolute Gasteiger partial charge is 0.357 e. The molecular weight excluding hydrogens is 312 g/mol. The Morgan fingerprint density at radius 2 is 1.84 bits per heavy atom. The molecular formula is C19H22N6. The standard InChI is InChI=1S/C19H22N6/c1-24-13-16(12-23-24)18-10-14(4-7-21-18)15-2-3-19(22-11-15)25-8-5-17(20)6-9-25/h2-4,7,10-13,17H,5-6,8-9,20H2,1H3. The van der Waals surface area contributed by atoms with Gasteiger partial charge in [0.1, 0.15) is 5.82 Å². The smallest absolute Gasteiger partial charge is 0.128 e. The lowest BCUT2D eigenvalue weighted by molar-refractivity contribution is 0.498. The Hall–Kier alpha value is -2.73. The third-order valence-corrected chi connectivity index (χ3v) is 4.71. The van der Waals surface area contributed by atoms with Gasteiger partial charge in [-0.05, 0) is 42.7 Å². The molecule has 1 fully saturated rings. The quantitative estimate of drug-likeness (QED) is 0.796. The van der Waals surface area contributed by atoms with Crippen LogP contribution >= 0.6 is 0 Å². The lowest BCUT2D eigenvalue weighted by atomic mass is 10.1. The summed E-state index contributed by atoms with van der Waals surface area (Å²) in [7, 11) is 1.91. The van der Waals surface area contributed by atoms with Crippen molar-refractivity contribution in [3.05, 3.63) is 49.1 Å². The molecule has 0 aliphatic carbocycles. The number of rotatable bonds is 3. The van der Waals surface area contributed by atoms with Gasteiger partial charge in [0, 0.05) is 55.9 Å². The van der Waals surface area contributed by atoms with Gasteiger partial charge >= 0.3 is 0 Å². The van der Waals surface area contributed by atoms with Gasteiger partial charge in [0.05, 0.1) is 11.9 Å². The maximum Gasteiger partial charge on any atom is 0.128 e. The van der Waals surface area contributed by atoms with Crippen molar-refractivity contribution >= 4 is 5.82 Å². The highest BCUT2D eigenvalue weighted by molar-refractivity contribution is 5.69. The van der Waals surface area contributed by atoms with Crippen molar-refractivity contribution in [3.8, 4) is 22.4 Å². The molecule has 2 N–H and O–H groups in total. The summed E-state index contributed by atoms with van der Waals surface area (Å²) in [5.41, 5.74) is 10.1. The lowest BCUT2D eigenvalue weighted by Crippen LogP contribution is -2.40. The molecule has 6 heteroatoms. The minimum atomic E-state index is 0.332. The molecule has 128 valence electrons. The molecule has 3 aromatic heterocycles. The fraction of sp³-hybridized carbons (Fsp3) is 0.316. The van der Waals surface area contributed by atoms with E-state index in [1.807, 2.05) is 37.9 Å². The summed E-state index contributed by atoms with van der Waals surface area (Å²) in [6, 6.07) is 8.64. The van der Waals surface area contributed by atoms with Crippen molar-refractivity contribution in [3.63, 3.8) is 0 Å². The zero-order chi connectivity index (χ0) is 17.2. The first-order valence-corrected chi connectivity index (χ1v) is 8.61. The van der Waals surface area contributed by atoms with Crippen molar-refractivity contribution in [1.82, 2.24) is 19.7 Å². The average Bonchev–Trinajstić information content (AvgIpc) is 3.09. The van der Waals surface area contributed by atoms with Crippen LogP contribution in [0.2, 0.25) is 0 Å². The van der Waals surface area contributed by atoms with Crippen LogP contribution in [0.3, 0.4) is 0 Å². The van der Waals surface area contributed by atoms with Crippen LogP contribution in [0.4, 0.5) is 5.82 Å². The Morgan fingerprint density at radius 1 is 1.00 bits per heavy atom. The van der Waals surface area contributed by atoms with Crippen molar-refractivity contribution < 1.29 is 0 Å². The predicted octanol–water partition coefficient (Wildman–Crippen LogP) is 2.47. The van der Waals surface area contributed by atoms with E-state index < -0.39 is 0 Å². The van der Waals surface area contributed by atoms with Gasteiger partial charge in [0.2, 0.25) is 0 Å². The maximum absolute atomic E-state index is 5.98. The molecule has 0 unspecified atom stereocenters. The molecule has 0 saturated carbocycles. The van der Waals surface area contributed by atoms with E-state index in [-0.39, 0.29) is 0 Å². The number of nitrogens with two attached hydrogens (primary N) is 1. The van der Waals surface area contributed by atoms with Gasteiger partial charge in [-0.3, -0.25) is 9.67 Å². The van der Waals surface area contributed by atoms with Crippen LogP contribution in [0.1, 0.15) is 12.8 Å². The maximum atomic E-state index is 5.98. The highest BCUT2D eigenvalue weighted by Crippen LogP contribution is 2.25. The number of aryl methyl sites for hydroxylation is 1. The third-order valence-electron chi connectivity index (χ3n) is 4.71. The van der Waals surface area contributed by atoms with E-state index in [0.29, 0.717) is 6.04 Å². The molecule has 0 atom stereocenters. The third kappa shape index (κ3) is 3.39. The molecule has 6 nitrogen and oxygen atoms in total. The van der Waals surface area contributed by atoms with Crippen LogP contribution in [0.25, 0.3) is 22.4 Å². The first kappa shape index (κ1) is 15.8. The second-order valence-corrected chi connectivity index (χ2v) is 6.56. The zero-order valence-electron chi connectivity index (χ0n) is 14.3. The Morgan fingerprint density at radius 3 is 2.52 bits per heavy atom. The Labute approximate surface area is 147 Å². The van der Waals surface area contributed by atoms with Gasteiger partial charge in [0.25, 0.3) is 0 Å². The van der Waals surface area contributed by atoms with Crippen LogP contribution in [-0.4, -0.2) is 38.9 Å². The van der Waals surface area contributed by atoms with Crippen LogP contribution < -0.4 is 10.6 Å². The minimum absolute atomic E-state index is 0.332. The fourth-order valence-corrected chi connectivity index (χ4v) is 3.19. The summed E-state index contributed by atoms with van der Waals surface area (Å²) < 4.78 is 1.78. The molecule has 0 aromatic carbocycles. The molecule has 1 saturated heterocycles. The number of hydrogen-bond donors (Lipinski definition) is 1. The normalized spacial score (nSPS) is 15.5. The molecule has 4 heterocycles. The van der Waals surface area contributed by atoms with Gasteiger partial charge in [-0.1, -0.05) is 0 Å². The number of piperidine rings is 1. The molecule has 0 bridgehead atoms. The second kappa shape index (κ2) is 6.64. The number of aromatic nitrogens is 4. The second-order valence-electron chi connectivity index (χ2n) is 6.56. The van der Waals surface area contributed by atoms with E-state index in [0.717, 1.165) is 54.1 Å². The van der Waals surface area contributed by atoms with Gasteiger partial charge in [-0.2, -0.15) is 5.10 Å². The molecule has 0 spiro atoms. The predicted molar refractivity (Wildman–Crippen MR) is 99.1 cm³/mol. The number of hydrogen-bond acceptors (Lipinski definition) is 5. The van der Waals surface area contributed by atoms with Crippen molar-refractivity contribution in [2.24, 2.45) is 12.8 Å². The van der Waals surface area contributed by atoms with Crippen LogP contribution in [0.15, 0.2) is 49.1 Å². The summed E-state index contributed by atoms with van der Waals surface area (Å²) in [5, 5.41) is 4.21. The highest BCUT2D eigenvalue weighted by atomic mass is 15.2. The Kier molecular flexibility index (Phi) is 4.19. The molecule has 1 aliphatic rings. The van der Waals surface area contributed by atoms with Crippen molar-refractivity contribution in [1.29, 1.82) is 0 Å². The first-order valence-electron chi connectivity index (χ1n) is 8.61. The monoisotopic (exact) mass is 334 g/mol. The van der Waals surface area contributed by atoms with Crippen molar-refractivity contribution in [2.75, 3.05) is 18.0 Å². The van der Waals surface area contributed by atoms with Gasteiger partial charge in [0.15, 0.2) is 0 Å². The molecule has 1 aliphatic heterocycles. The SMILES string of the molecule is Cn1cc(-c2cc(-c3ccc(N4CCC(N)CC4)nc3)ccn2)cn1. The Balaban J connectivity index is 1.56. The van der Waals surface area contributed by atoms with E-state index >= 15 is 0 Å². The summed E-state index contributed by atoms with van der Waals surface area (Å²) in [6.07, 6.45) is 9.62. The number of nitrogens with zero attached hydrogens (tertiary/aromatic N) is 5. The highest BCUT2D eigenvalue weighted by Gasteiger charge is 2.17. The molecule has 25 heavy (non-hydrogen) atoms. The van der Waals surface area contributed by atoms with E-state index in [9.17, 15) is 0 Å². The molecule has 3 aromatic rings. The summed E-state index contributed by atoms with van der Waals surface area (Å²) >= 11 is 0. The zero-order valence-corrected chi connectivity index (χ0v) is 14.3. The van der Waals surface area contributed by atoms with Crippen LogP contribution in [-0.2, 0) is 7.05 Å². The number of anilines is 1. The van der Waals surface area contributed by atoms with Crippen LogP contribution in [0, 0.1) is 0 Å². The van der Waals surface area contributed by atoms with E-state index in [1.165, 1.54) is 0 Å². The summed E-state index contributed by atoms with van der Waals surface area (Å²) in [4.78, 5) is 11.4. The number of pyridine rings is 2. The van der Waals surface area contributed by atoms with Crippen LogP contribution in [0.5, 0.6) is 0 Å². The molecule has 4 rings (SSSR count). The minimum Gasteiger partial charge on any atom is -0.357 e. The van der Waals surface area contributed by atoms with Gasteiger partial charge in [-0.15, -0.1) is 0 Å². The van der Waals surface area contributed by atoms with E-state index in [1.54, 1.807) is 4.68 Å². The summed E-state index contributed by atoms with van der Waals surface area (Å²) in [6.45, 7) is 1.96. The van der Waals surface area contributed by atoms with E-state index in [4.69, 9.17) is 5.73 Å². The molecule has 0 radical (unpaired) electrons. The van der Waals surface area contributed by atoms with E-state index in [2.05, 4.69) is 38.2 Å². The molecule has 0 amide bonds. The lowest BCUT2D eigenvalue weighted by Gasteiger charge is -2.31. The van der Waals surface area contributed by atoms with Crippen molar-refractivity contribution in [2.45, 2.75) is 18.9 Å². The Bertz CT molecular complexity index is 846. The fourth-order valence-electron chi connectivity index (χ4n) is 3.19. The van der Waals surface area contributed by atoms with Gasteiger partial charge < -0.3 is 10.6 Å².